The van der Waals surface area contributed by atoms with E-state index in [1.807, 2.05) is 11.3 Å². The van der Waals surface area contributed by atoms with E-state index in [2.05, 4.69) is 31.0 Å². The zero-order chi connectivity index (χ0) is 16.7. The molecule has 0 atom stereocenters. The first kappa shape index (κ1) is 16.2. The van der Waals surface area contributed by atoms with Crippen molar-refractivity contribution in [3.8, 4) is 0 Å². The molecule has 24 heavy (non-hydrogen) atoms. The summed E-state index contributed by atoms with van der Waals surface area (Å²) in [6.07, 6.45) is 3.63. The van der Waals surface area contributed by atoms with Gasteiger partial charge in [0.15, 0.2) is 0 Å². The smallest absolute Gasteiger partial charge is 0.146 e. The molecule has 5 nitrogen and oxygen atoms in total. The van der Waals surface area contributed by atoms with Crippen LogP contribution >= 0.6 is 11.3 Å². The molecule has 4 rings (SSSR count). The molecule has 2 aromatic rings. The lowest BCUT2D eigenvalue weighted by Gasteiger charge is -2.26. The molecule has 0 bridgehead atoms. The van der Waals surface area contributed by atoms with Crippen molar-refractivity contribution < 1.29 is 4.74 Å². The molecule has 2 aliphatic rings. The van der Waals surface area contributed by atoms with Crippen molar-refractivity contribution in [2.24, 2.45) is 0 Å². The van der Waals surface area contributed by atoms with Crippen LogP contribution in [0.25, 0.3) is 10.2 Å². The van der Waals surface area contributed by atoms with Gasteiger partial charge >= 0.3 is 0 Å². The maximum atomic E-state index is 5.45. The molecule has 1 fully saturated rings. The minimum Gasteiger partial charge on any atom is -0.379 e. The first-order valence-corrected chi connectivity index (χ1v) is 9.71. The molecule has 0 unspecified atom stereocenters. The molecular formula is C18H26N4OS. The molecule has 0 radical (unpaired) electrons. The minimum absolute atomic E-state index is 0.00899. The van der Waals surface area contributed by atoms with Crippen molar-refractivity contribution in [2.75, 3.05) is 31.6 Å². The third kappa shape index (κ3) is 3.27. The first-order chi connectivity index (χ1) is 11.5. The van der Waals surface area contributed by atoms with Crippen LogP contribution in [-0.4, -0.2) is 46.7 Å². The van der Waals surface area contributed by atoms with E-state index in [0.717, 1.165) is 49.3 Å². The van der Waals surface area contributed by atoms with Crippen molar-refractivity contribution in [2.45, 2.75) is 52.1 Å². The third-order valence-corrected chi connectivity index (χ3v) is 5.76. The molecule has 3 heterocycles. The fraction of sp³-hybridized carbons (Fsp3) is 0.667. The fourth-order valence-electron chi connectivity index (χ4n) is 3.52. The van der Waals surface area contributed by atoms with E-state index in [-0.39, 0.29) is 5.54 Å². The van der Waals surface area contributed by atoms with Crippen LogP contribution in [0.5, 0.6) is 0 Å². The van der Waals surface area contributed by atoms with Crippen LogP contribution in [0.4, 0.5) is 5.82 Å². The van der Waals surface area contributed by atoms with Gasteiger partial charge in [-0.05, 0) is 45.6 Å². The number of nitrogens with zero attached hydrogens (tertiary/aromatic N) is 3. The van der Waals surface area contributed by atoms with Crippen LogP contribution in [0, 0.1) is 0 Å². The third-order valence-electron chi connectivity index (χ3n) is 4.57. The maximum Gasteiger partial charge on any atom is 0.146 e. The van der Waals surface area contributed by atoms with E-state index >= 15 is 0 Å². The highest BCUT2D eigenvalue weighted by Gasteiger charge is 2.24. The summed E-state index contributed by atoms with van der Waals surface area (Å²) in [6, 6.07) is 0. The van der Waals surface area contributed by atoms with Gasteiger partial charge in [-0.1, -0.05) is 0 Å². The molecule has 0 saturated carbocycles. The van der Waals surface area contributed by atoms with E-state index in [9.17, 15) is 0 Å². The van der Waals surface area contributed by atoms with Gasteiger partial charge in [-0.25, -0.2) is 9.97 Å². The van der Waals surface area contributed by atoms with Crippen LogP contribution in [0.3, 0.4) is 0 Å². The summed E-state index contributed by atoms with van der Waals surface area (Å²) in [5.41, 5.74) is 1.48. The number of aryl methyl sites for hydroxylation is 2. The normalized spacial score (nSPS) is 19.0. The van der Waals surface area contributed by atoms with Crippen molar-refractivity contribution in [3.05, 3.63) is 16.3 Å². The molecule has 0 amide bonds. The number of ether oxygens (including phenoxy) is 1. The number of hydrogen-bond donors (Lipinski definition) is 1. The highest BCUT2D eigenvalue weighted by atomic mass is 32.1. The Bertz CT molecular complexity index is 744. The molecule has 1 saturated heterocycles. The molecule has 1 aliphatic carbocycles. The molecule has 0 aromatic carbocycles. The predicted octanol–water partition coefficient (Wildman–Crippen LogP) is 3.22. The van der Waals surface area contributed by atoms with E-state index in [4.69, 9.17) is 14.7 Å². The Kier molecular flexibility index (Phi) is 4.22. The number of anilines is 1. The summed E-state index contributed by atoms with van der Waals surface area (Å²) in [6.45, 7) is 10.9. The van der Waals surface area contributed by atoms with Gasteiger partial charge in [0, 0.05) is 23.5 Å². The number of aromatic nitrogens is 2. The Hall–Kier alpha value is -1.24. The average Bonchev–Trinajstić information content (AvgIpc) is 3.06. The molecule has 2 aromatic heterocycles. The monoisotopic (exact) mass is 346 g/mol. The van der Waals surface area contributed by atoms with E-state index in [0.29, 0.717) is 0 Å². The largest absolute Gasteiger partial charge is 0.379 e. The molecule has 130 valence electrons. The highest BCUT2D eigenvalue weighted by molar-refractivity contribution is 7.19. The van der Waals surface area contributed by atoms with Gasteiger partial charge in [0.1, 0.15) is 16.5 Å². The summed E-state index contributed by atoms with van der Waals surface area (Å²) in [5, 5.41) is 4.90. The van der Waals surface area contributed by atoms with Gasteiger partial charge < -0.3 is 10.1 Å². The zero-order valence-electron chi connectivity index (χ0n) is 14.8. The Labute approximate surface area is 147 Å². The van der Waals surface area contributed by atoms with Crippen LogP contribution < -0.4 is 5.32 Å². The zero-order valence-corrected chi connectivity index (χ0v) is 15.6. The Morgan fingerprint density at radius 3 is 2.71 bits per heavy atom. The van der Waals surface area contributed by atoms with Gasteiger partial charge in [-0.15, -0.1) is 11.3 Å². The lowest BCUT2D eigenvalue weighted by atomic mass is 10.1. The van der Waals surface area contributed by atoms with Gasteiger partial charge in [0.25, 0.3) is 0 Å². The molecule has 0 spiro atoms. The lowest BCUT2D eigenvalue weighted by molar-refractivity contribution is 0.0331. The van der Waals surface area contributed by atoms with Gasteiger partial charge in [-0.3, -0.25) is 4.90 Å². The standard InChI is InChI=1S/C18H26N4OS/c1-18(2,3)21-16-15-12-5-4-6-13(12)24-17(15)20-14(19-16)11-22-7-9-23-10-8-22/h4-11H2,1-3H3,(H,19,20,21). The summed E-state index contributed by atoms with van der Waals surface area (Å²) in [5.74, 6) is 1.95. The van der Waals surface area contributed by atoms with Crippen LogP contribution in [-0.2, 0) is 24.1 Å². The second-order valence-electron chi connectivity index (χ2n) is 7.79. The van der Waals surface area contributed by atoms with Crippen LogP contribution in [0.15, 0.2) is 0 Å². The van der Waals surface area contributed by atoms with Crippen LogP contribution in [0.2, 0.25) is 0 Å². The topological polar surface area (TPSA) is 50.3 Å². The molecule has 1 N–H and O–H groups in total. The number of thiophene rings is 1. The second kappa shape index (κ2) is 6.24. The SMILES string of the molecule is CC(C)(C)Nc1nc(CN2CCOCC2)nc2sc3c(c12)CCC3. The summed E-state index contributed by atoms with van der Waals surface area (Å²) < 4.78 is 5.45. The number of morpholine rings is 1. The van der Waals surface area contributed by atoms with Gasteiger partial charge in [0.2, 0.25) is 0 Å². The van der Waals surface area contributed by atoms with Gasteiger partial charge in [0.05, 0.1) is 25.1 Å². The number of rotatable bonds is 3. The Balaban J connectivity index is 1.73. The number of nitrogens with one attached hydrogen (secondary N) is 1. The van der Waals surface area contributed by atoms with Crippen molar-refractivity contribution in [1.29, 1.82) is 0 Å². The first-order valence-electron chi connectivity index (χ1n) is 8.89. The lowest BCUT2D eigenvalue weighted by Crippen LogP contribution is -2.36. The van der Waals surface area contributed by atoms with E-state index < -0.39 is 0 Å². The van der Waals surface area contributed by atoms with Crippen molar-refractivity contribution in [3.63, 3.8) is 0 Å². The van der Waals surface area contributed by atoms with Crippen molar-refractivity contribution in [1.82, 2.24) is 14.9 Å². The quantitative estimate of drug-likeness (QED) is 0.925. The van der Waals surface area contributed by atoms with Crippen LogP contribution in [0.1, 0.15) is 43.5 Å². The maximum absolute atomic E-state index is 5.45. The second-order valence-corrected chi connectivity index (χ2v) is 8.87. The molecule has 1 aliphatic heterocycles. The molecule has 6 heteroatoms. The minimum atomic E-state index is -0.00899. The Morgan fingerprint density at radius 2 is 1.96 bits per heavy atom. The number of hydrogen-bond acceptors (Lipinski definition) is 6. The molecular weight excluding hydrogens is 320 g/mol. The average molecular weight is 347 g/mol. The van der Waals surface area contributed by atoms with E-state index in [1.165, 1.54) is 35.1 Å². The Morgan fingerprint density at radius 1 is 1.17 bits per heavy atom. The van der Waals surface area contributed by atoms with Gasteiger partial charge in [-0.2, -0.15) is 0 Å². The number of fused-ring (bicyclic) bond motifs is 3. The summed E-state index contributed by atoms with van der Waals surface area (Å²) in [7, 11) is 0. The predicted molar refractivity (Wildman–Crippen MR) is 98.9 cm³/mol. The van der Waals surface area contributed by atoms with E-state index in [1.54, 1.807) is 0 Å². The summed E-state index contributed by atoms with van der Waals surface area (Å²) >= 11 is 1.87. The fourth-order valence-corrected chi connectivity index (χ4v) is 4.80. The van der Waals surface area contributed by atoms with Crippen molar-refractivity contribution >= 4 is 27.4 Å². The highest BCUT2D eigenvalue weighted by Crippen LogP contribution is 2.40. The summed E-state index contributed by atoms with van der Waals surface area (Å²) in [4.78, 5) is 14.9.